The van der Waals surface area contributed by atoms with Gasteiger partial charge >= 0.3 is 0 Å². The van der Waals surface area contributed by atoms with E-state index in [2.05, 4.69) is 138 Å². The summed E-state index contributed by atoms with van der Waals surface area (Å²) in [5.74, 6) is -1.12. The van der Waals surface area contributed by atoms with Gasteiger partial charge in [0.05, 0.1) is 22.5 Å². The molecule has 1 unspecified atom stereocenters. The van der Waals surface area contributed by atoms with Crippen molar-refractivity contribution in [2.45, 2.75) is 93.4 Å². The van der Waals surface area contributed by atoms with E-state index in [9.17, 15) is 19.5 Å². The van der Waals surface area contributed by atoms with Gasteiger partial charge in [-0.05, 0) is 95.5 Å². The number of carbonyl (C=O) groups excluding carboxylic acids is 3. The van der Waals surface area contributed by atoms with Crippen LogP contribution < -0.4 is 20.1 Å². The lowest BCUT2D eigenvalue weighted by atomic mass is 9.78. The van der Waals surface area contributed by atoms with Crippen molar-refractivity contribution in [2.75, 3.05) is 10.2 Å². The molecular weight excluding hydrogens is 805 g/mol. The number of aliphatic hydroxyl groups excluding tert-OH is 1. The number of ketones is 1. The summed E-state index contributed by atoms with van der Waals surface area (Å²) in [6.45, 7) is 14.4. The van der Waals surface area contributed by atoms with E-state index in [0.717, 1.165) is 82.1 Å². The van der Waals surface area contributed by atoms with Gasteiger partial charge in [0.25, 0.3) is 0 Å². The Morgan fingerprint density at radius 3 is 1.68 bits per heavy atom. The summed E-state index contributed by atoms with van der Waals surface area (Å²) in [7, 11) is 0. The van der Waals surface area contributed by atoms with Crippen LogP contribution in [-0.2, 0) is 14.4 Å². The van der Waals surface area contributed by atoms with Crippen LogP contribution in [0.1, 0.15) is 93.5 Å². The fraction of sp³-hybridized carbons (Fsp3) is 0.263. The highest BCUT2D eigenvalue weighted by Gasteiger charge is 2.40. The molecule has 8 heteroatoms. The third-order valence-electron chi connectivity index (χ3n) is 12.2. The highest BCUT2D eigenvalue weighted by Crippen LogP contribution is 2.45. The molecular formula is C57H61N4O4+. The van der Waals surface area contributed by atoms with Gasteiger partial charge in [-0.15, -0.1) is 0 Å². The van der Waals surface area contributed by atoms with Crippen molar-refractivity contribution in [3.05, 3.63) is 184 Å². The number of nitrogens with one attached hydrogen (secondary N) is 2. The topological polar surface area (TPSA) is 102 Å². The molecule has 8 nitrogen and oxygen atoms in total. The van der Waals surface area contributed by atoms with Gasteiger partial charge in [-0.25, -0.2) is 0 Å². The number of rotatable bonds is 16. The van der Waals surface area contributed by atoms with Crippen LogP contribution in [0.5, 0.6) is 0 Å². The molecule has 5 aromatic rings. The van der Waals surface area contributed by atoms with Crippen molar-refractivity contribution < 1.29 is 19.5 Å². The van der Waals surface area contributed by atoms with Crippen molar-refractivity contribution >= 4 is 63.0 Å². The molecule has 7 rings (SSSR count). The molecule has 0 aromatic heterocycles. The summed E-state index contributed by atoms with van der Waals surface area (Å²) in [4.78, 5) is 44.4. The molecule has 0 radical (unpaired) electrons. The number of carbonyl (C=O) groups is 3. The van der Waals surface area contributed by atoms with Crippen LogP contribution in [0, 0.1) is 33.6 Å². The molecule has 332 valence electrons. The van der Waals surface area contributed by atoms with E-state index in [0.29, 0.717) is 41.8 Å². The third kappa shape index (κ3) is 10.3. The van der Waals surface area contributed by atoms with Crippen LogP contribution in [0.15, 0.2) is 156 Å². The molecule has 0 saturated heterocycles. The predicted octanol–water partition coefficient (Wildman–Crippen LogP) is 13.4. The smallest absolute Gasteiger partial charge is 0.227 e. The van der Waals surface area contributed by atoms with Crippen molar-refractivity contribution in [1.82, 2.24) is 9.89 Å². The van der Waals surface area contributed by atoms with Gasteiger partial charge in [0.1, 0.15) is 5.76 Å². The molecule has 2 aliphatic carbocycles. The molecule has 2 amide bonds. The van der Waals surface area contributed by atoms with Crippen LogP contribution in [0.3, 0.4) is 0 Å². The number of Topliss-reactive ketones (excluding diaryl/α,β-unsaturated/α-hetero) is 1. The fourth-order valence-corrected chi connectivity index (χ4v) is 8.31. The zero-order valence-electron chi connectivity index (χ0n) is 38.8. The number of hydrogen-bond donors (Lipinski definition) is 3. The lowest BCUT2D eigenvalue weighted by molar-refractivity contribution is -0.121. The first-order chi connectivity index (χ1) is 31.4. The molecule has 0 bridgehead atoms. The molecule has 2 aliphatic rings. The van der Waals surface area contributed by atoms with E-state index in [1.54, 1.807) is 6.08 Å². The number of allylic oxidation sites excluding steroid dienone is 5. The van der Waals surface area contributed by atoms with Crippen molar-refractivity contribution in [3.63, 3.8) is 0 Å². The predicted molar refractivity (Wildman–Crippen MR) is 268 cm³/mol. The monoisotopic (exact) mass is 865 g/mol. The summed E-state index contributed by atoms with van der Waals surface area (Å²) in [5, 5.41) is 18.4. The largest absolute Gasteiger partial charge is 0.506 e. The van der Waals surface area contributed by atoms with Crippen molar-refractivity contribution in [1.29, 1.82) is 0 Å². The molecule has 0 fully saturated rings. The minimum Gasteiger partial charge on any atom is -0.506 e. The Labute approximate surface area is 384 Å². The first kappa shape index (κ1) is 45.9. The molecule has 0 saturated carbocycles. The van der Waals surface area contributed by atoms with Crippen molar-refractivity contribution in [2.24, 2.45) is 5.92 Å². The average Bonchev–Trinajstić information content (AvgIpc) is 3.30. The van der Waals surface area contributed by atoms with Gasteiger partial charge in [0.15, 0.2) is 0 Å². The molecule has 5 aromatic carbocycles. The second kappa shape index (κ2) is 20.6. The Kier molecular flexibility index (Phi) is 14.6. The van der Waals surface area contributed by atoms with E-state index < -0.39 is 0 Å². The van der Waals surface area contributed by atoms with Gasteiger partial charge in [-0.2, -0.15) is 4.58 Å². The minimum atomic E-state index is -0.386. The maximum absolute atomic E-state index is 14.7. The van der Waals surface area contributed by atoms with Crippen LogP contribution in [0.25, 0.3) is 5.57 Å². The highest BCUT2D eigenvalue weighted by atomic mass is 16.3. The number of amides is 2. The number of nitrogens with zero attached hydrogens (tertiary/aromatic N) is 2. The second-order valence-electron chi connectivity index (χ2n) is 17.3. The van der Waals surface area contributed by atoms with Crippen LogP contribution >= 0.6 is 0 Å². The Balaban J connectivity index is 1.38. The molecule has 65 heavy (non-hydrogen) atoms. The van der Waals surface area contributed by atoms with Gasteiger partial charge < -0.3 is 20.6 Å². The fourth-order valence-electron chi connectivity index (χ4n) is 8.31. The quantitative estimate of drug-likeness (QED) is 0.0677. The van der Waals surface area contributed by atoms with Crippen molar-refractivity contribution in [3.8, 4) is 0 Å². The zero-order chi connectivity index (χ0) is 46.2. The summed E-state index contributed by atoms with van der Waals surface area (Å²) in [5.41, 5.74) is 11.6. The van der Waals surface area contributed by atoms with Gasteiger partial charge in [-0.3, -0.25) is 14.4 Å². The number of aliphatic hydroxyl groups is 1. The number of anilines is 4. The molecule has 1 atom stereocenters. The van der Waals surface area contributed by atoms with Gasteiger partial charge in [0.2, 0.25) is 34.7 Å². The highest BCUT2D eigenvalue weighted by molar-refractivity contribution is 6.40. The van der Waals surface area contributed by atoms with E-state index in [1.807, 2.05) is 58.0 Å². The number of aryl methyl sites for hydroxylation is 4. The number of hydrogen-bond acceptors (Lipinski definition) is 5. The Hall–Kier alpha value is -7.06. The maximum atomic E-state index is 14.7. The van der Waals surface area contributed by atoms with Gasteiger partial charge in [-0.1, -0.05) is 111 Å². The van der Waals surface area contributed by atoms with Crippen LogP contribution in [-0.4, -0.2) is 28.4 Å². The maximum Gasteiger partial charge on any atom is 0.227 e. The molecule has 0 aliphatic heterocycles. The van der Waals surface area contributed by atoms with Crippen LogP contribution in [0.2, 0.25) is 0 Å². The lowest BCUT2D eigenvalue weighted by Crippen LogP contribution is -2.31. The lowest BCUT2D eigenvalue weighted by Gasteiger charge is -2.29. The standard InChI is InChI=1S/C57H60N4O4/c1-8-11-13-41(10-3)57(65)59-51-36-47(61(44-27-19-39(6)20-28-44)45-29-21-40(7)22-30-45)32-34-49(51)54-55(63)53(56(54)64)48-33-31-46(35-50(48)58-52(62)14-12-9-2)60(42-23-15-37(4)16-24-42)43-25-17-38(5)18-26-43/h15-36,41H,8-14H2,1-7H3,(H2,58,59,62,63,64,65)/p+1. The Bertz CT molecular complexity index is 2640. The third-order valence-corrected chi connectivity index (χ3v) is 12.2. The average molecular weight is 866 g/mol. The minimum absolute atomic E-state index is 0.103. The SMILES string of the molecule is CCCCC(=O)NC1=CC(=[N+](c2ccc(C)cc2)c2ccc(C)cc2)C=CC1=C1C(=O)C(c2ccc(N(c3ccc(C)cc3)c3ccc(C)cc3)cc2NC(=O)C(CC)CCCC)=C1O. The van der Waals surface area contributed by atoms with E-state index in [1.165, 1.54) is 0 Å². The Morgan fingerprint density at radius 1 is 0.646 bits per heavy atom. The molecule has 3 N–H and O–H groups in total. The second-order valence-corrected chi connectivity index (χ2v) is 17.3. The first-order valence-corrected chi connectivity index (χ1v) is 23.0. The Morgan fingerprint density at radius 2 is 1.17 bits per heavy atom. The van der Waals surface area contributed by atoms with Crippen LogP contribution in [0.4, 0.5) is 34.1 Å². The summed E-state index contributed by atoms with van der Waals surface area (Å²) in [6.07, 6.45) is 10.7. The van der Waals surface area contributed by atoms with E-state index in [4.69, 9.17) is 0 Å². The van der Waals surface area contributed by atoms with E-state index in [-0.39, 0.29) is 40.4 Å². The van der Waals surface area contributed by atoms with E-state index >= 15 is 0 Å². The molecule has 0 spiro atoms. The summed E-state index contributed by atoms with van der Waals surface area (Å²) in [6, 6.07) is 38.6. The van der Waals surface area contributed by atoms with Gasteiger partial charge in [0, 0.05) is 77.0 Å². The summed E-state index contributed by atoms with van der Waals surface area (Å²) >= 11 is 0. The number of unbranched alkanes of at least 4 members (excludes halogenated alkanes) is 2. The molecule has 0 heterocycles. The number of benzene rings is 5. The normalized spacial score (nSPS) is 15.0. The zero-order valence-corrected chi connectivity index (χ0v) is 38.8. The summed E-state index contributed by atoms with van der Waals surface area (Å²) < 4.78 is 2.11. The first-order valence-electron chi connectivity index (χ1n) is 23.0.